The molecule has 0 fully saturated rings. The van der Waals surface area contributed by atoms with Crippen molar-refractivity contribution in [3.63, 3.8) is 0 Å². The first kappa shape index (κ1) is 22.3. The normalized spacial score (nSPS) is 11.2. The number of nitrogens with zero attached hydrogens (tertiary/aromatic N) is 1. The molecule has 2 aromatic rings. The maximum atomic E-state index is 12.5. The Bertz CT molecular complexity index is 961. The van der Waals surface area contributed by atoms with Crippen molar-refractivity contribution in [1.29, 1.82) is 0 Å². The van der Waals surface area contributed by atoms with E-state index in [4.69, 9.17) is 9.84 Å². The van der Waals surface area contributed by atoms with Crippen molar-refractivity contribution in [2.75, 3.05) is 44.5 Å². The van der Waals surface area contributed by atoms with E-state index in [1.54, 1.807) is 30.3 Å². The molecular weight excluding hydrogens is 398 g/mol. The van der Waals surface area contributed by atoms with Gasteiger partial charge in [-0.25, -0.2) is 17.5 Å². The topological polar surface area (TPSA) is 125 Å². The van der Waals surface area contributed by atoms with Crippen molar-refractivity contribution < 1.29 is 27.9 Å². The first-order chi connectivity index (χ1) is 13.8. The molecule has 0 saturated heterocycles. The van der Waals surface area contributed by atoms with Crippen LogP contribution >= 0.6 is 0 Å². The molecule has 0 heterocycles. The molecule has 0 bridgehead atoms. The summed E-state index contributed by atoms with van der Waals surface area (Å²) in [6.45, 7) is -0.585. The van der Waals surface area contributed by atoms with E-state index in [-0.39, 0.29) is 29.3 Å². The Labute approximate surface area is 169 Å². The van der Waals surface area contributed by atoms with E-state index in [9.17, 15) is 18.0 Å². The van der Waals surface area contributed by atoms with E-state index in [0.717, 1.165) is 4.31 Å². The Kier molecular flexibility index (Phi) is 7.71. The van der Waals surface area contributed by atoms with Gasteiger partial charge in [-0.1, -0.05) is 18.2 Å². The third-order valence-corrected chi connectivity index (χ3v) is 5.62. The smallest absolute Gasteiger partial charge is 0.340 e. The molecule has 0 saturated carbocycles. The van der Waals surface area contributed by atoms with E-state index in [0.29, 0.717) is 5.69 Å². The van der Waals surface area contributed by atoms with Gasteiger partial charge in [0.25, 0.3) is 5.91 Å². The molecule has 0 unspecified atom stereocenters. The highest BCUT2D eigenvalue weighted by atomic mass is 32.2. The minimum Gasteiger partial charge on any atom is -0.452 e. The van der Waals surface area contributed by atoms with Gasteiger partial charge in [0.05, 0.1) is 17.1 Å². The number of benzene rings is 2. The van der Waals surface area contributed by atoms with Gasteiger partial charge in [0, 0.05) is 32.0 Å². The molecule has 0 aromatic heterocycles. The summed E-state index contributed by atoms with van der Waals surface area (Å²) in [4.78, 5) is 24.4. The summed E-state index contributed by atoms with van der Waals surface area (Å²) >= 11 is 0. The number of esters is 1. The lowest BCUT2D eigenvalue weighted by Crippen LogP contribution is -2.24. The van der Waals surface area contributed by atoms with Gasteiger partial charge in [0.15, 0.2) is 6.61 Å². The molecule has 1 amide bonds. The van der Waals surface area contributed by atoms with Crippen LogP contribution in [0.5, 0.6) is 0 Å². The number of nitrogens with one attached hydrogen (secondary N) is 2. The Morgan fingerprint density at radius 3 is 2.41 bits per heavy atom. The van der Waals surface area contributed by atoms with Gasteiger partial charge < -0.3 is 20.5 Å². The van der Waals surface area contributed by atoms with Crippen LogP contribution in [0.3, 0.4) is 0 Å². The van der Waals surface area contributed by atoms with Gasteiger partial charge >= 0.3 is 5.97 Å². The predicted molar refractivity (Wildman–Crippen MR) is 108 cm³/mol. The van der Waals surface area contributed by atoms with Crippen LogP contribution < -0.4 is 10.6 Å². The number of aliphatic hydroxyl groups is 1. The van der Waals surface area contributed by atoms with Crippen molar-refractivity contribution in [2.24, 2.45) is 0 Å². The number of carbonyl (C=O) groups excluding carboxylic acids is 2. The molecular formula is C19H23N3O6S. The first-order valence-electron chi connectivity index (χ1n) is 8.69. The zero-order chi connectivity index (χ0) is 21.4. The lowest BCUT2D eigenvalue weighted by molar-refractivity contribution is -0.119. The van der Waals surface area contributed by atoms with Crippen LogP contribution in [0.25, 0.3) is 0 Å². The third kappa shape index (κ3) is 6.01. The van der Waals surface area contributed by atoms with Crippen LogP contribution in [0.4, 0.5) is 11.4 Å². The lowest BCUT2D eigenvalue weighted by Gasteiger charge is -2.15. The summed E-state index contributed by atoms with van der Waals surface area (Å²) in [7, 11) is -1.02. The largest absolute Gasteiger partial charge is 0.452 e. The number of rotatable bonds is 9. The van der Waals surface area contributed by atoms with Crippen LogP contribution in [0.2, 0.25) is 0 Å². The molecule has 0 atom stereocenters. The van der Waals surface area contributed by atoms with Crippen molar-refractivity contribution >= 4 is 33.3 Å². The molecule has 2 aromatic carbocycles. The molecule has 0 aliphatic rings. The molecule has 156 valence electrons. The fourth-order valence-corrected chi connectivity index (χ4v) is 3.26. The SMILES string of the molecule is CN(C)S(=O)(=O)c1ccc(NCCO)c(C(=O)OCC(=O)Nc2ccccc2)c1. The Hall–Kier alpha value is -2.95. The standard InChI is InChI=1S/C19H23N3O6S/c1-22(2)29(26,27)15-8-9-17(20-10-11-23)16(12-15)19(25)28-13-18(24)21-14-6-4-3-5-7-14/h3-9,12,20,23H,10-11,13H2,1-2H3,(H,21,24). The zero-order valence-electron chi connectivity index (χ0n) is 16.1. The van der Waals surface area contributed by atoms with Crippen LogP contribution in [-0.2, 0) is 19.6 Å². The Morgan fingerprint density at radius 1 is 1.10 bits per heavy atom. The molecule has 0 spiro atoms. The summed E-state index contributed by atoms with van der Waals surface area (Å²) in [5.74, 6) is -1.41. The minimum atomic E-state index is -3.77. The highest BCUT2D eigenvalue weighted by Gasteiger charge is 2.22. The van der Waals surface area contributed by atoms with Crippen molar-refractivity contribution in [2.45, 2.75) is 4.90 Å². The second-order valence-electron chi connectivity index (χ2n) is 6.14. The minimum absolute atomic E-state index is 0.0612. The molecule has 0 aliphatic heterocycles. The maximum Gasteiger partial charge on any atom is 0.340 e. The highest BCUT2D eigenvalue weighted by molar-refractivity contribution is 7.89. The molecule has 0 aliphatic carbocycles. The second-order valence-corrected chi connectivity index (χ2v) is 8.29. The summed E-state index contributed by atoms with van der Waals surface area (Å²) in [6, 6.07) is 12.6. The van der Waals surface area contributed by atoms with E-state index in [2.05, 4.69) is 10.6 Å². The van der Waals surface area contributed by atoms with Crippen LogP contribution in [-0.4, -0.2) is 63.6 Å². The monoisotopic (exact) mass is 421 g/mol. The zero-order valence-corrected chi connectivity index (χ0v) is 16.9. The second kappa shape index (κ2) is 10.0. The Balaban J connectivity index is 2.18. The number of anilines is 2. The number of amides is 1. The quantitative estimate of drug-likeness (QED) is 0.519. The van der Waals surface area contributed by atoms with E-state index in [1.165, 1.54) is 32.3 Å². The number of ether oxygens (including phenoxy) is 1. The molecule has 0 radical (unpaired) electrons. The fraction of sp³-hybridized carbons (Fsp3) is 0.263. The van der Waals surface area contributed by atoms with Gasteiger partial charge in [-0.2, -0.15) is 0 Å². The summed E-state index contributed by atoms with van der Waals surface area (Å²) in [5.41, 5.74) is 0.775. The number of hydrogen-bond acceptors (Lipinski definition) is 7. The van der Waals surface area contributed by atoms with Crippen LogP contribution in [0.1, 0.15) is 10.4 Å². The molecule has 3 N–H and O–H groups in total. The van der Waals surface area contributed by atoms with Gasteiger partial charge in [-0.3, -0.25) is 4.79 Å². The van der Waals surface area contributed by atoms with Gasteiger partial charge in [0.2, 0.25) is 10.0 Å². The van der Waals surface area contributed by atoms with Crippen molar-refractivity contribution in [3.8, 4) is 0 Å². The highest BCUT2D eigenvalue weighted by Crippen LogP contribution is 2.23. The Morgan fingerprint density at radius 2 is 1.79 bits per heavy atom. The van der Waals surface area contributed by atoms with Gasteiger partial charge in [0.1, 0.15) is 0 Å². The number of para-hydroxylation sites is 1. The summed E-state index contributed by atoms with van der Waals surface area (Å²) < 4.78 is 30.8. The van der Waals surface area contributed by atoms with Gasteiger partial charge in [-0.05, 0) is 30.3 Å². The van der Waals surface area contributed by atoms with Crippen molar-refractivity contribution in [1.82, 2.24) is 4.31 Å². The average molecular weight is 421 g/mol. The number of sulfonamides is 1. The molecule has 10 heteroatoms. The van der Waals surface area contributed by atoms with Gasteiger partial charge in [-0.15, -0.1) is 0 Å². The lowest BCUT2D eigenvalue weighted by atomic mass is 10.2. The number of hydrogen-bond donors (Lipinski definition) is 3. The van der Waals surface area contributed by atoms with Crippen LogP contribution in [0, 0.1) is 0 Å². The maximum absolute atomic E-state index is 12.5. The third-order valence-electron chi connectivity index (χ3n) is 3.81. The number of aliphatic hydroxyl groups excluding tert-OH is 1. The summed E-state index contributed by atoms with van der Waals surface area (Å²) in [6.07, 6.45) is 0. The molecule has 2 rings (SSSR count). The van der Waals surface area contributed by atoms with E-state index in [1.807, 2.05) is 0 Å². The van der Waals surface area contributed by atoms with Crippen LogP contribution in [0.15, 0.2) is 53.4 Å². The fourth-order valence-electron chi connectivity index (χ4n) is 2.34. The number of carbonyl (C=O) groups is 2. The summed E-state index contributed by atoms with van der Waals surface area (Å²) in [5, 5.41) is 14.4. The van der Waals surface area contributed by atoms with E-state index >= 15 is 0 Å². The van der Waals surface area contributed by atoms with E-state index < -0.39 is 28.5 Å². The van der Waals surface area contributed by atoms with Crippen molar-refractivity contribution in [3.05, 3.63) is 54.1 Å². The first-order valence-corrected chi connectivity index (χ1v) is 10.1. The average Bonchev–Trinajstić information content (AvgIpc) is 2.71. The predicted octanol–water partition coefficient (Wildman–Crippen LogP) is 1.14. The molecule has 29 heavy (non-hydrogen) atoms. The molecule has 9 nitrogen and oxygen atoms in total.